The van der Waals surface area contributed by atoms with Crippen molar-refractivity contribution < 1.29 is 22.8 Å². The van der Waals surface area contributed by atoms with Crippen LogP contribution in [0.2, 0.25) is 0 Å². The van der Waals surface area contributed by atoms with Gasteiger partial charge in [-0.05, 0) is 55.8 Å². The first-order valence-electron chi connectivity index (χ1n) is 11.0. The molecular weight excluding hydrogens is 485 g/mol. The summed E-state index contributed by atoms with van der Waals surface area (Å²) >= 11 is 0. The minimum absolute atomic E-state index is 0.0413. The topological polar surface area (TPSA) is 102 Å². The Hall–Kier alpha value is -4.80. The molecule has 0 aliphatic rings. The number of aryl methyl sites for hydroxylation is 2. The molecule has 0 aliphatic heterocycles. The zero-order valence-corrected chi connectivity index (χ0v) is 19.7. The van der Waals surface area contributed by atoms with Crippen LogP contribution in [0.4, 0.5) is 24.5 Å². The summed E-state index contributed by atoms with van der Waals surface area (Å²) in [6.07, 6.45) is 5.64. The number of anilines is 2. The van der Waals surface area contributed by atoms with Crippen LogP contribution in [-0.4, -0.2) is 31.3 Å². The summed E-state index contributed by atoms with van der Waals surface area (Å²) in [4.78, 5) is 37.1. The van der Waals surface area contributed by atoms with Crippen LogP contribution < -0.4 is 10.6 Å². The summed E-state index contributed by atoms with van der Waals surface area (Å²) in [6.45, 7) is 3.46. The van der Waals surface area contributed by atoms with Gasteiger partial charge in [-0.1, -0.05) is 6.07 Å². The molecule has 2 aromatic carbocycles. The van der Waals surface area contributed by atoms with Gasteiger partial charge in [0.05, 0.1) is 17.6 Å². The first-order chi connectivity index (χ1) is 17.6. The Bertz CT molecular complexity index is 1480. The molecular formula is C26H21F3N6O2. The van der Waals surface area contributed by atoms with Crippen molar-refractivity contribution in [3.63, 3.8) is 0 Å². The number of hydrogen-bond acceptors (Lipinski definition) is 5. The number of hydrogen-bond donors (Lipinski definition) is 2. The fourth-order valence-electron chi connectivity index (χ4n) is 3.40. The third-order valence-corrected chi connectivity index (χ3v) is 5.28. The van der Waals surface area contributed by atoms with Gasteiger partial charge in [0.15, 0.2) is 0 Å². The highest BCUT2D eigenvalue weighted by molar-refractivity contribution is 6.07. The molecule has 8 nitrogen and oxygen atoms in total. The van der Waals surface area contributed by atoms with Crippen molar-refractivity contribution in [1.29, 1.82) is 0 Å². The minimum Gasteiger partial charge on any atom is -0.322 e. The molecule has 0 aliphatic carbocycles. The van der Waals surface area contributed by atoms with E-state index in [0.29, 0.717) is 22.5 Å². The lowest BCUT2D eigenvalue weighted by molar-refractivity contribution is -0.137. The first-order valence-corrected chi connectivity index (χ1v) is 11.0. The van der Waals surface area contributed by atoms with E-state index in [1.54, 1.807) is 38.5 Å². The molecule has 2 N–H and O–H groups in total. The quantitative estimate of drug-likeness (QED) is 0.350. The Morgan fingerprint density at radius 2 is 1.76 bits per heavy atom. The Kier molecular flexibility index (Phi) is 7.14. The van der Waals surface area contributed by atoms with Crippen molar-refractivity contribution in [1.82, 2.24) is 19.5 Å². The maximum atomic E-state index is 13.5. The van der Waals surface area contributed by atoms with Gasteiger partial charge in [-0.3, -0.25) is 9.59 Å². The van der Waals surface area contributed by atoms with E-state index >= 15 is 0 Å². The zero-order chi connectivity index (χ0) is 26.6. The maximum absolute atomic E-state index is 13.5. The van der Waals surface area contributed by atoms with Crippen LogP contribution in [-0.2, 0) is 11.0 Å². The third kappa shape index (κ3) is 6.45. The van der Waals surface area contributed by atoms with Gasteiger partial charge in [-0.2, -0.15) is 13.2 Å². The van der Waals surface area contributed by atoms with Crippen molar-refractivity contribution in [2.75, 3.05) is 10.6 Å². The minimum atomic E-state index is -4.62. The normalized spacial score (nSPS) is 11.5. The molecule has 0 radical (unpaired) electrons. The zero-order valence-electron chi connectivity index (χ0n) is 19.7. The van der Waals surface area contributed by atoms with Crippen molar-refractivity contribution in [3.8, 4) is 5.69 Å². The van der Waals surface area contributed by atoms with E-state index in [9.17, 15) is 22.8 Å². The SMILES string of the molecule is Cc1cn(-c2cc(NC(=O)c3ccc(C)c(NC(=O)C=Cc4cncnc4)c3)cc(C(F)(F)F)c2)cn1. The molecule has 0 bridgehead atoms. The van der Waals surface area contributed by atoms with Crippen molar-refractivity contribution >= 4 is 29.3 Å². The maximum Gasteiger partial charge on any atom is 0.416 e. The van der Waals surface area contributed by atoms with Crippen LogP contribution in [0.25, 0.3) is 11.8 Å². The van der Waals surface area contributed by atoms with Crippen molar-refractivity contribution in [3.05, 3.63) is 102 Å². The molecule has 37 heavy (non-hydrogen) atoms. The summed E-state index contributed by atoms with van der Waals surface area (Å²) in [5.74, 6) is -1.08. The number of rotatable bonds is 6. The summed E-state index contributed by atoms with van der Waals surface area (Å²) in [5, 5.41) is 5.22. The molecule has 11 heteroatoms. The lowest BCUT2D eigenvalue weighted by Gasteiger charge is -2.14. The van der Waals surface area contributed by atoms with Crippen LogP contribution in [0.1, 0.15) is 32.7 Å². The van der Waals surface area contributed by atoms with E-state index in [2.05, 4.69) is 25.6 Å². The number of imidazole rings is 1. The monoisotopic (exact) mass is 506 g/mol. The smallest absolute Gasteiger partial charge is 0.322 e. The number of aromatic nitrogens is 4. The van der Waals surface area contributed by atoms with Gasteiger partial charge >= 0.3 is 6.18 Å². The van der Waals surface area contributed by atoms with Crippen LogP contribution in [0, 0.1) is 13.8 Å². The second kappa shape index (κ2) is 10.4. The van der Waals surface area contributed by atoms with Crippen molar-refractivity contribution in [2.45, 2.75) is 20.0 Å². The summed E-state index contributed by atoms with van der Waals surface area (Å²) < 4.78 is 42.0. The van der Waals surface area contributed by atoms with Crippen LogP contribution in [0.5, 0.6) is 0 Å². The lowest BCUT2D eigenvalue weighted by atomic mass is 10.1. The standard InChI is InChI=1S/C26H21F3N6O2/c1-16-3-5-19(7-23(16)34-24(36)6-4-18-11-30-14-31-12-18)25(37)33-21-8-20(26(27,28)29)9-22(10-21)35-13-17(2)32-15-35/h3-15H,1-2H3,(H,33,37)(H,34,36). The highest BCUT2D eigenvalue weighted by Crippen LogP contribution is 2.33. The fraction of sp³-hybridized carbons (Fsp3) is 0.115. The molecule has 0 fully saturated rings. The van der Waals surface area contributed by atoms with Gasteiger partial charge in [0.2, 0.25) is 5.91 Å². The van der Waals surface area contributed by atoms with Crippen LogP contribution >= 0.6 is 0 Å². The average Bonchev–Trinajstić information content (AvgIpc) is 3.30. The summed E-state index contributed by atoms with van der Waals surface area (Å²) in [5.41, 5.74) is 1.72. The molecule has 188 valence electrons. The molecule has 2 amide bonds. The van der Waals surface area contributed by atoms with Gasteiger partial charge < -0.3 is 15.2 Å². The number of nitrogens with zero attached hydrogens (tertiary/aromatic N) is 4. The third-order valence-electron chi connectivity index (χ3n) is 5.28. The largest absolute Gasteiger partial charge is 0.416 e. The number of halogens is 3. The predicted molar refractivity (Wildman–Crippen MR) is 132 cm³/mol. The second-order valence-corrected chi connectivity index (χ2v) is 8.17. The Morgan fingerprint density at radius 3 is 2.43 bits per heavy atom. The van der Waals surface area contributed by atoms with Gasteiger partial charge in [0.1, 0.15) is 6.33 Å². The number of benzene rings is 2. The Morgan fingerprint density at radius 1 is 1.00 bits per heavy atom. The highest BCUT2D eigenvalue weighted by atomic mass is 19.4. The molecule has 2 aromatic heterocycles. The molecule has 0 saturated heterocycles. The van der Waals surface area contributed by atoms with E-state index in [1.165, 1.54) is 47.6 Å². The number of carbonyl (C=O) groups excluding carboxylic acids is 2. The number of nitrogens with one attached hydrogen (secondary N) is 2. The number of alkyl halides is 3. The second-order valence-electron chi connectivity index (χ2n) is 8.17. The Labute approximate surface area is 209 Å². The van der Waals surface area contributed by atoms with Crippen LogP contribution in [0.3, 0.4) is 0 Å². The fourth-order valence-corrected chi connectivity index (χ4v) is 3.40. The number of carbonyl (C=O) groups is 2. The van der Waals surface area contributed by atoms with E-state index in [0.717, 1.165) is 12.1 Å². The molecule has 0 atom stereocenters. The summed E-state index contributed by atoms with van der Waals surface area (Å²) in [6, 6.07) is 7.86. The average molecular weight is 506 g/mol. The molecule has 0 spiro atoms. The first kappa shape index (κ1) is 25.3. The van der Waals surface area contributed by atoms with Gasteiger partial charge in [0.25, 0.3) is 5.91 Å². The van der Waals surface area contributed by atoms with Gasteiger partial charge in [-0.25, -0.2) is 15.0 Å². The molecule has 0 unspecified atom stereocenters. The van der Waals surface area contributed by atoms with Crippen LogP contribution in [0.15, 0.2) is 73.7 Å². The van der Waals surface area contributed by atoms with E-state index < -0.39 is 23.6 Å². The number of amides is 2. The molecule has 0 saturated carbocycles. The van der Waals surface area contributed by atoms with Gasteiger partial charge in [-0.15, -0.1) is 0 Å². The van der Waals surface area contributed by atoms with E-state index in [1.807, 2.05) is 0 Å². The van der Waals surface area contributed by atoms with Gasteiger partial charge in [0, 0.05) is 52.9 Å². The lowest BCUT2D eigenvalue weighted by Crippen LogP contribution is -2.15. The summed E-state index contributed by atoms with van der Waals surface area (Å²) in [7, 11) is 0. The molecule has 4 rings (SSSR count). The highest BCUT2D eigenvalue weighted by Gasteiger charge is 2.31. The van der Waals surface area contributed by atoms with E-state index in [-0.39, 0.29) is 16.9 Å². The molecule has 4 aromatic rings. The predicted octanol–water partition coefficient (Wildman–Crippen LogP) is 5.20. The Balaban J connectivity index is 1.55. The van der Waals surface area contributed by atoms with Crippen molar-refractivity contribution in [2.24, 2.45) is 0 Å². The van der Waals surface area contributed by atoms with E-state index in [4.69, 9.17) is 0 Å². The molecule has 2 heterocycles.